The molecule has 1 aromatic rings. The predicted molar refractivity (Wildman–Crippen MR) is 79.4 cm³/mol. The molecule has 4 nitrogen and oxygen atoms in total. The first kappa shape index (κ1) is 17.4. The molecule has 2 rings (SSSR count). The maximum Gasteiger partial charge on any atom is 0.308 e. The number of hydrogen-bond donors (Lipinski definition) is 0. The normalized spacial score (nSPS) is 20.9. The van der Waals surface area contributed by atoms with Crippen LogP contribution in [0.4, 0.5) is 8.78 Å². The molecule has 0 radical (unpaired) electrons. The van der Waals surface area contributed by atoms with Gasteiger partial charge in [0.25, 0.3) is 0 Å². The minimum atomic E-state index is -1.18. The Labute approximate surface area is 133 Å². The summed E-state index contributed by atoms with van der Waals surface area (Å²) in [5.74, 6) is -3.44. The second-order valence-corrected chi connectivity index (χ2v) is 5.64. The summed E-state index contributed by atoms with van der Waals surface area (Å²) in [4.78, 5) is 22.8. The summed E-state index contributed by atoms with van der Waals surface area (Å²) in [6.07, 6.45) is 2.05. The van der Waals surface area contributed by atoms with E-state index in [0.717, 1.165) is 0 Å². The first-order valence-electron chi connectivity index (χ1n) is 7.76. The molecule has 6 heteroatoms. The first-order chi connectivity index (χ1) is 10.9. The van der Waals surface area contributed by atoms with Gasteiger partial charge in [-0.15, -0.1) is 0 Å². The van der Waals surface area contributed by atoms with E-state index in [9.17, 15) is 18.4 Å². The molecule has 0 spiro atoms. The van der Waals surface area contributed by atoms with E-state index in [4.69, 9.17) is 9.47 Å². The molecule has 0 aliphatic heterocycles. The van der Waals surface area contributed by atoms with Gasteiger partial charge < -0.3 is 9.47 Å². The van der Waals surface area contributed by atoms with E-state index < -0.39 is 17.4 Å². The van der Waals surface area contributed by atoms with Crippen molar-refractivity contribution in [3.05, 3.63) is 29.3 Å². The van der Waals surface area contributed by atoms with Gasteiger partial charge in [0, 0.05) is 0 Å². The average Bonchev–Trinajstić information content (AvgIpc) is 2.52. The van der Waals surface area contributed by atoms with E-state index >= 15 is 0 Å². The van der Waals surface area contributed by atoms with E-state index in [1.165, 1.54) is 19.1 Å². The lowest BCUT2D eigenvalue weighted by Crippen LogP contribution is -2.29. The highest BCUT2D eigenvalue weighted by Crippen LogP contribution is 2.30. The van der Waals surface area contributed by atoms with Crippen molar-refractivity contribution in [2.24, 2.45) is 5.92 Å². The number of carbonyl (C=O) groups excluding carboxylic acids is 2. The Hall–Kier alpha value is -1.98. The third-order valence-corrected chi connectivity index (χ3v) is 4.01. The standard InChI is InChI=1S/C17H20F2O4/c1-3-22-17(21)11-4-6-12(7-5-11)23-14-9-8-13(10(2)20)15(18)16(14)19/h8-9,11-12H,3-7H2,1-2H3/t11-,12+. The molecule has 0 amide bonds. The number of hydrogen-bond acceptors (Lipinski definition) is 4. The molecule has 1 saturated carbocycles. The minimum Gasteiger partial charge on any atom is -0.487 e. The second kappa shape index (κ2) is 7.53. The van der Waals surface area contributed by atoms with Gasteiger partial charge in [-0.1, -0.05) is 0 Å². The zero-order valence-corrected chi connectivity index (χ0v) is 13.2. The fourth-order valence-corrected chi connectivity index (χ4v) is 2.75. The molecule has 23 heavy (non-hydrogen) atoms. The Morgan fingerprint density at radius 1 is 1.13 bits per heavy atom. The lowest BCUT2D eigenvalue weighted by Gasteiger charge is -2.28. The Kier molecular flexibility index (Phi) is 5.69. The number of Topliss-reactive ketones (excluding diaryl/α,β-unsaturated/α-hetero) is 1. The van der Waals surface area contributed by atoms with Crippen LogP contribution in [0.3, 0.4) is 0 Å². The summed E-state index contributed by atoms with van der Waals surface area (Å²) in [6.45, 7) is 3.28. The van der Waals surface area contributed by atoms with E-state index in [1.807, 2.05) is 0 Å². The predicted octanol–water partition coefficient (Wildman–Crippen LogP) is 3.67. The zero-order chi connectivity index (χ0) is 17.0. The van der Waals surface area contributed by atoms with Crippen molar-refractivity contribution in [3.63, 3.8) is 0 Å². The van der Waals surface area contributed by atoms with Crippen LogP contribution in [0, 0.1) is 17.6 Å². The largest absolute Gasteiger partial charge is 0.487 e. The fourth-order valence-electron chi connectivity index (χ4n) is 2.75. The van der Waals surface area contributed by atoms with Gasteiger partial charge in [-0.2, -0.15) is 4.39 Å². The Morgan fingerprint density at radius 2 is 1.78 bits per heavy atom. The van der Waals surface area contributed by atoms with E-state index in [1.54, 1.807) is 6.92 Å². The molecule has 0 aromatic heterocycles. The van der Waals surface area contributed by atoms with Gasteiger partial charge in [-0.25, -0.2) is 4.39 Å². The summed E-state index contributed by atoms with van der Waals surface area (Å²) in [5, 5.41) is 0. The number of carbonyl (C=O) groups is 2. The number of esters is 1. The van der Waals surface area contributed by atoms with Crippen molar-refractivity contribution in [3.8, 4) is 5.75 Å². The number of benzene rings is 1. The molecular weight excluding hydrogens is 306 g/mol. The van der Waals surface area contributed by atoms with Gasteiger partial charge in [0.05, 0.1) is 24.2 Å². The molecule has 126 valence electrons. The van der Waals surface area contributed by atoms with E-state index in [0.29, 0.717) is 32.3 Å². The molecule has 0 N–H and O–H groups in total. The van der Waals surface area contributed by atoms with Crippen LogP contribution in [0.1, 0.15) is 49.9 Å². The molecule has 0 unspecified atom stereocenters. The highest BCUT2D eigenvalue weighted by atomic mass is 19.2. The Morgan fingerprint density at radius 3 is 2.35 bits per heavy atom. The van der Waals surface area contributed by atoms with Crippen molar-refractivity contribution >= 4 is 11.8 Å². The van der Waals surface area contributed by atoms with Gasteiger partial charge in [-0.05, 0) is 51.7 Å². The molecule has 1 aliphatic rings. The molecule has 1 aromatic carbocycles. The lowest BCUT2D eigenvalue weighted by molar-refractivity contribution is -0.149. The Balaban J connectivity index is 1.98. The van der Waals surface area contributed by atoms with Crippen molar-refractivity contribution < 1.29 is 27.8 Å². The zero-order valence-electron chi connectivity index (χ0n) is 13.2. The molecule has 0 bridgehead atoms. The monoisotopic (exact) mass is 326 g/mol. The van der Waals surface area contributed by atoms with Crippen LogP contribution < -0.4 is 4.74 Å². The fraction of sp³-hybridized carbons (Fsp3) is 0.529. The van der Waals surface area contributed by atoms with Crippen molar-refractivity contribution in [1.82, 2.24) is 0 Å². The van der Waals surface area contributed by atoms with Crippen LogP contribution in [0.5, 0.6) is 5.75 Å². The quantitative estimate of drug-likeness (QED) is 0.612. The first-order valence-corrected chi connectivity index (χ1v) is 7.76. The third kappa shape index (κ3) is 4.06. The third-order valence-electron chi connectivity index (χ3n) is 4.01. The summed E-state index contributed by atoms with van der Waals surface area (Å²) in [5.41, 5.74) is -0.291. The van der Waals surface area contributed by atoms with Gasteiger partial charge in [0.2, 0.25) is 5.82 Å². The minimum absolute atomic E-state index is 0.156. The number of halogens is 2. The average molecular weight is 326 g/mol. The van der Waals surface area contributed by atoms with Crippen LogP contribution in [0.25, 0.3) is 0 Å². The van der Waals surface area contributed by atoms with Gasteiger partial charge in [0.15, 0.2) is 17.3 Å². The van der Waals surface area contributed by atoms with Crippen molar-refractivity contribution in [1.29, 1.82) is 0 Å². The molecular formula is C17H20F2O4. The van der Waals surface area contributed by atoms with Crippen LogP contribution >= 0.6 is 0 Å². The van der Waals surface area contributed by atoms with Crippen LogP contribution in [0.15, 0.2) is 12.1 Å². The highest BCUT2D eigenvalue weighted by Gasteiger charge is 2.29. The van der Waals surface area contributed by atoms with E-state index in [-0.39, 0.29) is 29.3 Å². The highest BCUT2D eigenvalue weighted by molar-refractivity contribution is 5.94. The van der Waals surface area contributed by atoms with E-state index in [2.05, 4.69) is 0 Å². The van der Waals surface area contributed by atoms with Crippen LogP contribution in [-0.4, -0.2) is 24.5 Å². The van der Waals surface area contributed by atoms with Gasteiger partial charge in [-0.3, -0.25) is 9.59 Å². The summed E-state index contributed by atoms with van der Waals surface area (Å²) in [6, 6.07) is 2.49. The van der Waals surface area contributed by atoms with Crippen molar-refractivity contribution in [2.75, 3.05) is 6.61 Å². The lowest BCUT2D eigenvalue weighted by atomic mass is 9.87. The summed E-state index contributed by atoms with van der Waals surface area (Å²) in [7, 11) is 0. The number of rotatable bonds is 5. The van der Waals surface area contributed by atoms with Crippen LogP contribution in [0.2, 0.25) is 0 Å². The molecule has 0 saturated heterocycles. The molecule has 1 aliphatic carbocycles. The number of ether oxygens (including phenoxy) is 2. The van der Waals surface area contributed by atoms with Gasteiger partial charge in [0.1, 0.15) is 0 Å². The smallest absolute Gasteiger partial charge is 0.308 e. The summed E-state index contributed by atoms with van der Waals surface area (Å²) < 4.78 is 38.2. The number of ketones is 1. The topological polar surface area (TPSA) is 52.6 Å². The van der Waals surface area contributed by atoms with Gasteiger partial charge >= 0.3 is 5.97 Å². The summed E-state index contributed by atoms with van der Waals surface area (Å²) >= 11 is 0. The van der Waals surface area contributed by atoms with Crippen molar-refractivity contribution in [2.45, 2.75) is 45.6 Å². The SMILES string of the molecule is CCOC(=O)[C@H]1CC[C@@H](Oc2ccc(C(C)=O)c(F)c2F)CC1. The maximum atomic E-state index is 14.0. The Bertz CT molecular complexity index is 593. The second-order valence-electron chi connectivity index (χ2n) is 5.64. The maximum absolute atomic E-state index is 14.0. The molecule has 1 fully saturated rings. The molecule has 0 heterocycles. The molecule has 0 atom stereocenters. The van der Waals surface area contributed by atoms with Crippen LogP contribution in [-0.2, 0) is 9.53 Å².